The minimum Gasteiger partial charge on any atom is -0.372 e. The van der Waals surface area contributed by atoms with E-state index in [2.05, 4.69) is 6.58 Å². The third-order valence-corrected chi connectivity index (χ3v) is 6.61. The Morgan fingerprint density at radius 2 is 2.11 bits per heavy atom. The molecule has 0 radical (unpaired) electrons. The van der Waals surface area contributed by atoms with Crippen molar-refractivity contribution < 1.29 is 17.9 Å². The molecule has 108 valence electrons. The van der Waals surface area contributed by atoms with E-state index in [1.54, 1.807) is 10.4 Å². The third-order valence-electron chi connectivity index (χ3n) is 4.19. The van der Waals surface area contributed by atoms with Crippen molar-refractivity contribution >= 4 is 10.0 Å². The Balaban J connectivity index is 1.73. The summed E-state index contributed by atoms with van der Waals surface area (Å²) < 4.78 is 38.0. The van der Waals surface area contributed by atoms with Crippen molar-refractivity contribution in [1.82, 2.24) is 4.31 Å². The zero-order chi connectivity index (χ0) is 13.5. The fourth-order valence-electron chi connectivity index (χ4n) is 3.13. The average Bonchev–Trinajstić information content (AvgIpc) is 3.18. The molecule has 3 rings (SSSR count). The highest BCUT2D eigenvalue weighted by Gasteiger charge is 2.50. The maximum absolute atomic E-state index is 12.4. The molecule has 0 N–H and O–H groups in total. The molecule has 19 heavy (non-hydrogen) atoms. The molecule has 2 saturated carbocycles. The van der Waals surface area contributed by atoms with Gasteiger partial charge < -0.3 is 9.47 Å². The van der Waals surface area contributed by atoms with Crippen molar-refractivity contribution in [2.45, 2.75) is 49.2 Å². The van der Waals surface area contributed by atoms with E-state index in [0.29, 0.717) is 19.8 Å². The molecule has 0 amide bonds. The normalized spacial score (nSPS) is 36.1. The van der Waals surface area contributed by atoms with Gasteiger partial charge in [0.25, 0.3) is 0 Å². The number of fused-ring (bicyclic) bond motifs is 1. The van der Waals surface area contributed by atoms with Crippen LogP contribution >= 0.6 is 0 Å². The lowest BCUT2D eigenvalue weighted by molar-refractivity contribution is -0.0911. The Morgan fingerprint density at radius 3 is 2.79 bits per heavy atom. The monoisotopic (exact) mass is 287 g/mol. The van der Waals surface area contributed by atoms with Gasteiger partial charge in [0.1, 0.15) is 6.10 Å². The largest absolute Gasteiger partial charge is 0.372 e. The standard InChI is InChI=1S/C13H21NO4S/c1-2-8-17-12-6-5-11-13(12)18-9-7-14(11)19(15,16)10-3-4-10/h2,10-13H,1,3-9H2/t11-,12+,13+/m0/s1. The summed E-state index contributed by atoms with van der Waals surface area (Å²) in [4.78, 5) is 0. The van der Waals surface area contributed by atoms with Crippen LogP contribution in [0.5, 0.6) is 0 Å². The fourth-order valence-corrected chi connectivity index (χ4v) is 5.17. The van der Waals surface area contributed by atoms with E-state index in [4.69, 9.17) is 9.47 Å². The molecule has 2 aliphatic carbocycles. The van der Waals surface area contributed by atoms with Crippen LogP contribution in [0.4, 0.5) is 0 Å². The first-order valence-corrected chi connectivity index (χ1v) is 8.49. The van der Waals surface area contributed by atoms with E-state index >= 15 is 0 Å². The van der Waals surface area contributed by atoms with Gasteiger partial charge in [-0.2, -0.15) is 4.31 Å². The SMILES string of the molecule is C=CCO[C@@H]1CC[C@H]2[C@H]1OCCN2S(=O)(=O)C1CC1. The summed E-state index contributed by atoms with van der Waals surface area (Å²) in [6, 6.07) is -0.0332. The molecule has 0 aromatic heterocycles. The van der Waals surface area contributed by atoms with E-state index in [1.165, 1.54) is 0 Å². The zero-order valence-electron chi connectivity index (χ0n) is 11.0. The summed E-state index contributed by atoms with van der Waals surface area (Å²) in [6.45, 7) is 5.10. The smallest absolute Gasteiger partial charge is 0.217 e. The first kappa shape index (κ1) is 13.5. The number of nitrogens with zero attached hydrogens (tertiary/aromatic N) is 1. The average molecular weight is 287 g/mol. The van der Waals surface area contributed by atoms with Gasteiger partial charge in [-0.3, -0.25) is 0 Å². The topological polar surface area (TPSA) is 55.8 Å². The Bertz CT molecular complexity index is 446. The van der Waals surface area contributed by atoms with Crippen molar-refractivity contribution in [2.75, 3.05) is 19.8 Å². The lowest BCUT2D eigenvalue weighted by atomic mass is 10.1. The van der Waals surface area contributed by atoms with Gasteiger partial charge in [-0.15, -0.1) is 6.58 Å². The second-order valence-electron chi connectivity index (χ2n) is 5.50. The van der Waals surface area contributed by atoms with E-state index in [1.807, 2.05) is 0 Å². The molecule has 1 heterocycles. The van der Waals surface area contributed by atoms with E-state index < -0.39 is 10.0 Å². The van der Waals surface area contributed by atoms with Crippen LogP contribution in [0.15, 0.2) is 12.7 Å². The Morgan fingerprint density at radius 1 is 1.32 bits per heavy atom. The molecular formula is C13H21NO4S. The van der Waals surface area contributed by atoms with Crippen molar-refractivity contribution in [3.05, 3.63) is 12.7 Å². The minimum atomic E-state index is -3.11. The molecule has 3 fully saturated rings. The molecular weight excluding hydrogens is 266 g/mol. The third kappa shape index (κ3) is 2.46. The number of sulfonamides is 1. The molecule has 3 atom stereocenters. The van der Waals surface area contributed by atoms with Gasteiger partial charge in [-0.05, 0) is 25.7 Å². The molecule has 1 aliphatic heterocycles. The summed E-state index contributed by atoms with van der Waals surface area (Å²) in [5.41, 5.74) is 0. The van der Waals surface area contributed by atoms with Crippen LogP contribution in [0.2, 0.25) is 0 Å². The van der Waals surface area contributed by atoms with E-state index in [-0.39, 0.29) is 23.5 Å². The predicted octanol–water partition coefficient (Wildman–Crippen LogP) is 0.913. The molecule has 0 aromatic rings. The molecule has 0 bridgehead atoms. The molecule has 0 unspecified atom stereocenters. The summed E-state index contributed by atoms with van der Waals surface area (Å²) in [6.07, 6.45) is 4.93. The van der Waals surface area contributed by atoms with Gasteiger partial charge in [0.15, 0.2) is 0 Å². The lowest BCUT2D eigenvalue weighted by Crippen LogP contribution is -2.54. The first-order valence-electron chi connectivity index (χ1n) is 6.99. The van der Waals surface area contributed by atoms with Crippen molar-refractivity contribution in [3.63, 3.8) is 0 Å². The summed E-state index contributed by atoms with van der Waals surface area (Å²) in [5, 5.41) is -0.139. The van der Waals surface area contributed by atoms with Crippen LogP contribution in [-0.4, -0.2) is 56.0 Å². The molecule has 1 saturated heterocycles. The quantitative estimate of drug-likeness (QED) is 0.705. The maximum Gasteiger partial charge on any atom is 0.217 e. The molecule has 3 aliphatic rings. The molecule has 0 spiro atoms. The van der Waals surface area contributed by atoms with Crippen molar-refractivity contribution in [2.24, 2.45) is 0 Å². The van der Waals surface area contributed by atoms with Crippen LogP contribution in [0.25, 0.3) is 0 Å². The van der Waals surface area contributed by atoms with Gasteiger partial charge in [-0.1, -0.05) is 6.08 Å². The van der Waals surface area contributed by atoms with Crippen LogP contribution in [0.3, 0.4) is 0 Å². The number of morpholine rings is 1. The number of ether oxygens (including phenoxy) is 2. The number of hydrogen-bond acceptors (Lipinski definition) is 4. The fraction of sp³-hybridized carbons (Fsp3) is 0.846. The summed E-state index contributed by atoms with van der Waals surface area (Å²) in [5.74, 6) is 0. The minimum absolute atomic E-state index is 0.000188. The molecule has 0 aromatic carbocycles. The highest BCUT2D eigenvalue weighted by Crippen LogP contribution is 2.38. The van der Waals surface area contributed by atoms with Gasteiger partial charge in [0.2, 0.25) is 10.0 Å². The van der Waals surface area contributed by atoms with Crippen molar-refractivity contribution in [1.29, 1.82) is 0 Å². The van der Waals surface area contributed by atoms with Crippen molar-refractivity contribution in [3.8, 4) is 0 Å². The second-order valence-corrected chi connectivity index (χ2v) is 7.66. The molecule has 5 nitrogen and oxygen atoms in total. The van der Waals surface area contributed by atoms with Gasteiger partial charge in [-0.25, -0.2) is 8.42 Å². The maximum atomic E-state index is 12.4. The Hall–Kier alpha value is -0.430. The van der Waals surface area contributed by atoms with E-state index in [9.17, 15) is 8.42 Å². The van der Waals surface area contributed by atoms with Gasteiger partial charge >= 0.3 is 0 Å². The van der Waals surface area contributed by atoms with Gasteiger partial charge in [0.05, 0.1) is 30.6 Å². The lowest BCUT2D eigenvalue weighted by Gasteiger charge is -2.38. The van der Waals surface area contributed by atoms with Crippen LogP contribution < -0.4 is 0 Å². The predicted molar refractivity (Wildman–Crippen MR) is 71.3 cm³/mol. The Labute approximate surface area is 114 Å². The summed E-state index contributed by atoms with van der Waals surface area (Å²) in [7, 11) is -3.11. The highest BCUT2D eigenvalue weighted by molar-refractivity contribution is 7.90. The van der Waals surface area contributed by atoms with Gasteiger partial charge in [0, 0.05) is 6.54 Å². The zero-order valence-corrected chi connectivity index (χ0v) is 11.8. The second kappa shape index (κ2) is 5.16. The van der Waals surface area contributed by atoms with Crippen LogP contribution in [0, 0.1) is 0 Å². The highest BCUT2D eigenvalue weighted by atomic mass is 32.2. The van der Waals surface area contributed by atoms with Crippen LogP contribution in [0.1, 0.15) is 25.7 Å². The van der Waals surface area contributed by atoms with E-state index in [0.717, 1.165) is 25.7 Å². The Kier molecular flexibility index (Phi) is 3.68. The number of hydrogen-bond donors (Lipinski definition) is 0. The summed E-state index contributed by atoms with van der Waals surface area (Å²) >= 11 is 0. The number of rotatable bonds is 5. The molecule has 6 heteroatoms. The first-order chi connectivity index (χ1) is 9.14. The van der Waals surface area contributed by atoms with Crippen LogP contribution in [-0.2, 0) is 19.5 Å².